The van der Waals surface area contributed by atoms with Crippen LogP contribution in [0.1, 0.15) is 5.56 Å². The van der Waals surface area contributed by atoms with E-state index in [4.69, 9.17) is 0 Å². The van der Waals surface area contributed by atoms with E-state index in [1.165, 1.54) is 22.3 Å². The topological polar surface area (TPSA) is 69.3 Å². The second-order valence-electron chi connectivity index (χ2n) is 5.10. The Hall–Kier alpha value is -1.70. The second kappa shape index (κ2) is 5.97. The fraction of sp³-hybridized carbons (Fsp3) is 0.357. The molecule has 1 aromatic heterocycles. The Morgan fingerprint density at radius 1 is 1.10 bits per heavy atom. The molecule has 1 aliphatic rings. The van der Waals surface area contributed by atoms with Gasteiger partial charge in [-0.3, -0.25) is 10.00 Å². The van der Waals surface area contributed by atoms with Crippen LogP contribution in [0.3, 0.4) is 0 Å². The summed E-state index contributed by atoms with van der Waals surface area (Å²) in [5, 5.41) is 6.26. The first-order valence-electron chi connectivity index (χ1n) is 6.91. The minimum atomic E-state index is -3.40. The van der Waals surface area contributed by atoms with Crippen molar-refractivity contribution in [3.05, 3.63) is 48.3 Å². The van der Waals surface area contributed by atoms with Gasteiger partial charge in [0.1, 0.15) is 4.90 Å². The Labute approximate surface area is 124 Å². The van der Waals surface area contributed by atoms with Gasteiger partial charge in [-0.15, -0.1) is 0 Å². The molecule has 1 saturated heterocycles. The number of rotatable bonds is 4. The number of hydrogen-bond donors (Lipinski definition) is 1. The molecule has 21 heavy (non-hydrogen) atoms. The Morgan fingerprint density at radius 2 is 1.81 bits per heavy atom. The van der Waals surface area contributed by atoms with Gasteiger partial charge in [-0.05, 0) is 5.56 Å². The third-order valence-corrected chi connectivity index (χ3v) is 5.56. The predicted octanol–water partition coefficient (Wildman–Crippen LogP) is 0.916. The van der Waals surface area contributed by atoms with Gasteiger partial charge in [0, 0.05) is 38.9 Å². The number of H-pyrrole nitrogens is 1. The summed E-state index contributed by atoms with van der Waals surface area (Å²) in [6, 6.07) is 10.2. The molecule has 1 aromatic carbocycles. The van der Waals surface area contributed by atoms with Crippen LogP contribution in [0.25, 0.3) is 0 Å². The summed E-state index contributed by atoms with van der Waals surface area (Å²) >= 11 is 0. The number of benzene rings is 1. The van der Waals surface area contributed by atoms with E-state index in [2.05, 4.69) is 27.2 Å². The largest absolute Gasteiger partial charge is 0.296 e. The van der Waals surface area contributed by atoms with E-state index >= 15 is 0 Å². The average Bonchev–Trinajstić information content (AvgIpc) is 3.04. The lowest BCUT2D eigenvalue weighted by Crippen LogP contribution is -2.48. The van der Waals surface area contributed by atoms with Gasteiger partial charge in [0.2, 0.25) is 10.0 Å². The van der Waals surface area contributed by atoms with Gasteiger partial charge >= 0.3 is 0 Å². The molecule has 0 spiro atoms. The van der Waals surface area contributed by atoms with Crippen LogP contribution in [-0.4, -0.2) is 54.0 Å². The van der Waals surface area contributed by atoms with Gasteiger partial charge in [0.15, 0.2) is 0 Å². The van der Waals surface area contributed by atoms with Crippen molar-refractivity contribution in [2.45, 2.75) is 11.4 Å². The van der Waals surface area contributed by atoms with Crippen molar-refractivity contribution < 1.29 is 8.42 Å². The number of nitrogens with one attached hydrogen (secondary N) is 1. The minimum Gasteiger partial charge on any atom is -0.296 e. The summed E-state index contributed by atoms with van der Waals surface area (Å²) in [6.07, 6.45) is 2.78. The molecule has 1 N–H and O–H groups in total. The zero-order valence-electron chi connectivity index (χ0n) is 11.6. The number of aromatic amines is 1. The minimum absolute atomic E-state index is 0.235. The summed E-state index contributed by atoms with van der Waals surface area (Å²) in [7, 11) is -3.40. The SMILES string of the molecule is O=S(=O)(c1cn[nH]c1)N1CCN(Cc2ccccc2)CC1. The van der Waals surface area contributed by atoms with Crippen molar-refractivity contribution in [1.29, 1.82) is 0 Å². The third-order valence-electron chi connectivity index (χ3n) is 3.69. The molecule has 0 atom stereocenters. The predicted molar refractivity (Wildman–Crippen MR) is 79.1 cm³/mol. The van der Waals surface area contributed by atoms with Gasteiger partial charge in [-0.25, -0.2) is 8.42 Å². The highest BCUT2D eigenvalue weighted by atomic mass is 32.2. The van der Waals surface area contributed by atoms with Gasteiger partial charge in [-0.2, -0.15) is 9.40 Å². The van der Waals surface area contributed by atoms with E-state index in [-0.39, 0.29) is 4.90 Å². The molecule has 6 nitrogen and oxygen atoms in total. The van der Waals surface area contributed by atoms with Crippen LogP contribution in [0.5, 0.6) is 0 Å². The van der Waals surface area contributed by atoms with Crippen molar-refractivity contribution in [1.82, 2.24) is 19.4 Å². The van der Waals surface area contributed by atoms with E-state index in [1.807, 2.05) is 18.2 Å². The van der Waals surface area contributed by atoms with Gasteiger partial charge < -0.3 is 0 Å². The van der Waals surface area contributed by atoms with Crippen LogP contribution < -0.4 is 0 Å². The normalized spacial score (nSPS) is 17.9. The van der Waals surface area contributed by atoms with E-state index in [9.17, 15) is 8.42 Å². The summed E-state index contributed by atoms with van der Waals surface area (Å²) in [4.78, 5) is 2.51. The first-order valence-corrected chi connectivity index (χ1v) is 8.35. The second-order valence-corrected chi connectivity index (χ2v) is 7.04. The van der Waals surface area contributed by atoms with E-state index in [0.717, 1.165) is 19.6 Å². The maximum atomic E-state index is 12.4. The smallest absolute Gasteiger partial charge is 0.246 e. The highest BCUT2D eigenvalue weighted by molar-refractivity contribution is 7.89. The fourth-order valence-corrected chi connectivity index (χ4v) is 3.83. The van der Waals surface area contributed by atoms with Crippen LogP contribution in [-0.2, 0) is 16.6 Å². The maximum Gasteiger partial charge on any atom is 0.246 e. The molecule has 0 saturated carbocycles. The number of sulfonamides is 1. The standard InChI is InChI=1S/C14H18N4O2S/c19-21(20,14-10-15-16-11-14)18-8-6-17(7-9-18)12-13-4-2-1-3-5-13/h1-5,10-11H,6-9,12H2,(H,15,16). The molecule has 7 heteroatoms. The lowest BCUT2D eigenvalue weighted by Gasteiger charge is -2.33. The Morgan fingerprint density at radius 3 is 2.43 bits per heavy atom. The molecule has 2 heterocycles. The highest BCUT2D eigenvalue weighted by Gasteiger charge is 2.28. The first-order chi connectivity index (χ1) is 10.2. The van der Waals surface area contributed by atoms with Crippen LogP contribution in [0.4, 0.5) is 0 Å². The zero-order valence-corrected chi connectivity index (χ0v) is 12.5. The van der Waals surface area contributed by atoms with Crippen LogP contribution >= 0.6 is 0 Å². The summed E-state index contributed by atoms with van der Waals surface area (Å²) in [6.45, 7) is 3.37. The molecular formula is C14H18N4O2S. The highest BCUT2D eigenvalue weighted by Crippen LogP contribution is 2.17. The van der Waals surface area contributed by atoms with Crippen molar-refractivity contribution >= 4 is 10.0 Å². The van der Waals surface area contributed by atoms with Crippen LogP contribution in [0.15, 0.2) is 47.6 Å². The van der Waals surface area contributed by atoms with Crippen molar-refractivity contribution in [3.8, 4) is 0 Å². The maximum absolute atomic E-state index is 12.4. The molecule has 3 rings (SSSR count). The van der Waals surface area contributed by atoms with Crippen molar-refractivity contribution in [3.63, 3.8) is 0 Å². The Kier molecular flexibility index (Phi) is 4.05. The summed E-state index contributed by atoms with van der Waals surface area (Å²) in [5.74, 6) is 0. The van der Waals surface area contributed by atoms with Crippen molar-refractivity contribution in [2.24, 2.45) is 0 Å². The van der Waals surface area contributed by atoms with E-state index < -0.39 is 10.0 Å². The molecule has 0 unspecified atom stereocenters. The average molecular weight is 306 g/mol. The molecule has 1 aliphatic heterocycles. The van der Waals surface area contributed by atoms with Gasteiger partial charge in [0.05, 0.1) is 6.20 Å². The Balaban J connectivity index is 1.61. The zero-order chi connectivity index (χ0) is 14.7. The molecule has 0 radical (unpaired) electrons. The Bertz CT molecular complexity index is 662. The quantitative estimate of drug-likeness (QED) is 0.912. The van der Waals surface area contributed by atoms with Crippen molar-refractivity contribution in [2.75, 3.05) is 26.2 Å². The summed E-state index contributed by atoms with van der Waals surface area (Å²) in [5.41, 5.74) is 1.25. The molecule has 2 aromatic rings. The molecule has 0 aliphatic carbocycles. The molecule has 0 amide bonds. The number of piperazine rings is 1. The lowest BCUT2D eigenvalue weighted by atomic mass is 10.2. The molecule has 112 valence electrons. The first kappa shape index (κ1) is 14.2. The number of aromatic nitrogens is 2. The lowest BCUT2D eigenvalue weighted by molar-refractivity contribution is 0.181. The number of nitrogens with zero attached hydrogens (tertiary/aromatic N) is 3. The molecular weight excluding hydrogens is 288 g/mol. The van der Waals surface area contributed by atoms with Gasteiger partial charge in [0.25, 0.3) is 0 Å². The van der Waals surface area contributed by atoms with E-state index in [1.54, 1.807) is 0 Å². The third kappa shape index (κ3) is 3.15. The molecule has 0 bridgehead atoms. The monoisotopic (exact) mass is 306 g/mol. The van der Waals surface area contributed by atoms with E-state index in [0.29, 0.717) is 13.1 Å². The van der Waals surface area contributed by atoms with Crippen LogP contribution in [0.2, 0.25) is 0 Å². The summed E-state index contributed by atoms with van der Waals surface area (Å²) < 4.78 is 26.2. The van der Waals surface area contributed by atoms with Gasteiger partial charge in [-0.1, -0.05) is 30.3 Å². The fourth-order valence-electron chi connectivity index (χ4n) is 2.50. The number of hydrogen-bond acceptors (Lipinski definition) is 4. The molecule has 1 fully saturated rings. The van der Waals surface area contributed by atoms with Crippen LogP contribution in [0, 0.1) is 0 Å².